The molecule has 218 valence electrons. The first-order valence-corrected chi connectivity index (χ1v) is 13.5. The third kappa shape index (κ3) is 4.79. The number of aromatic nitrogens is 3. The number of benzene rings is 2. The lowest BCUT2D eigenvalue weighted by atomic mass is 9.90. The van der Waals surface area contributed by atoms with Crippen molar-refractivity contribution in [1.29, 1.82) is 0 Å². The van der Waals surface area contributed by atoms with E-state index in [2.05, 4.69) is 10.2 Å². The fraction of sp³-hybridized carbons (Fsp3) is 0.483. The minimum atomic E-state index is -4.71. The molecule has 0 bridgehead atoms. The zero-order valence-corrected chi connectivity index (χ0v) is 22.6. The number of rotatable bonds is 6. The molecule has 2 atom stereocenters. The van der Waals surface area contributed by atoms with E-state index in [0.29, 0.717) is 24.1 Å². The van der Waals surface area contributed by atoms with Crippen LogP contribution in [0.3, 0.4) is 0 Å². The predicted molar refractivity (Wildman–Crippen MR) is 138 cm³/mol. The van der Waals surface area contributed by atoms with Crippen LogP contribution in [0.5, 0.6) is 0 Å². The quantitative estimate of drug-likeness (QED) is 0.327. The molecule has 2 aromatic carbocycles. The van der Waals surface area contributed by atoms with E-state index in [1.54, 1.807) is 36.2 Å². The summed E-state index contributed by atoms with van der Waals surface area (Å²) in [5.74, 6) is -4.14. The Hall–Kier alpha value is -3.41. The van der Waals surface area contributed by atoms with Gasteiger partial charge in [-0.25, -0.2) is 13.2 Å². The first kappa shape index (κ1) is 27.7. The topological polar surface area (TPSA) is 54.3 Å². The monoisotopic (exact) mass is 577 g/mol. The minimum absolute atomic E-state index is 0.0298. The molecule has 2 unspecified atom stereocenters. The Morgan fingerprint density at radius 1 is 1.12 bits per heavy atom. The van der Waals surface area contributed by atoms with E-state index in [1.807, 2.05) is 0 Å². The number of alkyl halides is 6. The molecule has 2 aliphatic heterocycles. The normalized spacial score (nSPS) is 22.6. The molecular weight excluding hydrogens is 548 g/mol. The number of hydrogen-bond donors (Lipinski definition) is 0. The van der Waals surface area contributed by atoms with E-state index in [-0.39, 0.29) is 55.1 Å². The van der Waals surface area contributed by atoms with Crippen molar-refractivity contribution in [2.24, 2.45) is 13.0 Å². The van der Waals surface area contributed by atoms with E-state index in [9.17, 15) is 26.7 Å². The maximum atomic E-state index is 15.7. The number of piperidine rings is 1. The number of fused-ring (bicyclic) bond motifs is 1. The summed E-state index contributed by atoms with van der Waals surface area (Å²) in [6.45, 7) is 1.27. The van der Waals surface area contributed by atoms with Crippen LogP contribution in [0.1, 0.15) is 70.8 Å². The van der Waals surface area contributed by atoms with Gasteiger partial charge in [0.1, 0.15) is 6.33 Å². The molecule has 2 fully saturated rings. The molecule has 1 saturated heterocycles. The number of carbonyl (C=O) groups is 1. The van der Waals surface area contributed by atoms with Gasteiger partial charge in [0.2, 0.25) is 0 Å². The number of amides is 1. The molecule has 3 aliphatic rings. The van der Waals surface area contributed by atoms with Crippen molar-refractivity contribution in [2.75, 3.05) is 18.0 Å². The van der Waals surface area contributed by atoms with Crippen molar-refractivity contribution in [1.82, 2.24) is 19.7 Å². The molecule has 6 nitrogen and oxygen atoms in total. The Morgan fingerprint density at radius 3 is 2.51 bits per heavy atom. The largest absolute Gasteiger partial charge is 0.416 e. The molecule has 1 amide bonds. The van der Waals surface area contributed by atoms with Crippen molar-refractivity contribution in [2.45, 2.75) is 63.0 Å². The number of halogens is 6. The summed E-state index contributed by atoms with van der Waals surface area (Å²) in [5, 5.41) is 7.67. The van der Waals surface area contributed by atoms with E-state index >= 15 is 4.39 Å². The number of anilines is 1. The SMILES string of the molecule is CC1CN(Cc2cc3c(c(C(F)(F)F)c2)CN(c2cccc(C4(C(F)c5nncn5C)CC4)c2)C3=O)CCC1(F)F. The summed E-state index contributed by atoms with van der Waals surface area (Å²) in [6.07, 6.45) is -3.99. The van der Waals surface area contributed by atoms with E-state index < -0.39 is 41.1 Å². The van der Waals surface area contributed by atoms with E-state index in [1.165, 1.54) is 28.8 Å². The summed E-state index contributed by atoms with van der Waals surface area (Å²) in [6, 6.07) is 9.20. The van der Waals surface area contributed by atoms with Gasteiger partial charge in [0.15, 0.2) is 12.0 Å². The second-order valence-corrected chi connectivity index (χ2v) is 11.6. The molecular formula is C29H29F6N5O. The van der Waals surface area contributed by atoms with Crippen LogP contribution < -0.4 is 4.90 Å². The lowest BCUT2D eigenvalue weighted by Crippen LogP contribution is -2.45. The highest BCUT2D eigenvalue weighted by Crippen LogP contribution is 2.58. The zero-order valence-electron chi connectivity index (χ0n) is 22.6. The van der Waals surface area contributed by atoms with Gasteiger partial charge in [-0.3, -0.25) is 9.69 Å². The number of nitrogens with zero attached hydrogens (tertiary/aromatic N) is 5. The molecule has 0 spiro atoms. The second kappa shape index (κ2) is 9.57. The van der Waals surface area contributed by atoms with Crippen molar-refractivity contribution in [3.8, 4) is 0 Å². The minimum Gasteiger partial charge on any atom is -0.318 e. The zero-order chi connectivity index (χ0) is 29.3. The smallest absolute Gasteiger partial charge is 0.318 e. The Bertz CT molecular complexity index is 1500. The van der Waals surface area contributed by atoms with Crippen molar-refractivity contribution >= 4 is 11.6 Å². The van der Waals surface area contributed by atoms with Crippen molar-refractivity contribution in [3.05, 3.63) is 76.4 Å². The highest BCUT2D eigenvalue weighted by molar-refractivity contribution is 6.10. The van der Waals surface area contributed by atoms with Crippen LogP contribution in [-0.2, 0) is 31.7 Å². The van der Waals surface area contributed by atoms with Crippen LogP contribution in [0.4, 0.5) is 32.0 Å². The van der Waals surface area contributed by atoms with Crippen LogP contribution in [0, 0.1) is 5.92 Å². The maximum absolute atomic E-state index is 15.7. The van der Waals surface area contributed by atoms with Gasteiger partial charge in [-0.05, 0) is 53.8 Å². The van der Waals surface area contributed by atoms with Gasteiger partial charge in [0.25, 0.3) is 11.8 Å². The van der Waals surface area contributed by atoms with Gasteiger partial charge < -0.3 is 9.47 Å². The number of hydrogen-bond acceptors (Lipinski definition) is 4. The molecule has 12 heteroatoms. The molecule has 41 heavy (non-hydrogen) atoms. The third-order valence-corrected chi connectivity index (χ3v) is 8.81. The summed E-state index contributed by atoms with van der Waals surface area (Å²) in [5.41, 5.74) is -0.670. The number of carbonyl (C=O) groups excluding carboxylic acids is 1. The standard InChI is InChI=1S/C29H29F6N5O/c1-17-13-39(9-8-28(17,31)32)14-18-10-21-22(23(11-18)29(33,34)35)15-40(26(21)41)20-5-3-4-19(12-20)27(6-7-27)24(30)25-37-36-16-38(25)2/h3-5,10-12,16-17,24H,6-9,13-15H2,1-2H3. The first-order valence-electron chi connectivity index (χ1n) is 13.5. The van der Waals surface area contributed by atoms with Crippen LogP contribution in [0.15, 0.2) is 42.7 Å². The third-order valence-electron chi connectivity index (χ3n) is 8.81. The second-order valence-electron chi connectivity index (χ2n) is 11.6. The van der Waals surface area contributed by atoms with Gasteiger partial charge >= 0.3 is 6.18 Å². The van der Waals surface area contributed by atoms with Gasteiger partial charge in [-0.1, -0.05) is 19.1 Å². The molecule has 3 heterocycles. The lowest BCUT2D eigenvalue weighted by Gasteiger charge is -2.36. The first-order chi connectivity index (χ1) is 19.3. The average molecular weight is 578 g/mol. The maximum Gasteiger partial charge on any atom is 0.416 e. The fourth-order valence-electron chi connectivity index (χ4n) is 6.16. The molecule has 0 radical (unpaired) electrons. The van der Waals surface area contributed by atoms with E-state index in [4.69, 9.17) is 0 Å². The summed E-state index contributed by atoms with van der Waals surface area (Å²) >= 11 is 0. The molecule has 1 aliphatic carbocycles. The Morgan fingerprint density at radius 2 is 1.88 bits per heavy atom. The number of likely N-dealkylation sites (tertiary alicyclic amines) is 1. The molecule has 6 rings (SSSR count). The summed E-state index contributed by atoms with van der Waals surface area (Å²) < 4.78 is 87.7. The van der Waals surface area contributed by atoms with Gasteiger partial charge in [0, 0.05) is 55.7 Å². The van der Waals surface area contributed by atoms with Crippen LogP contribution in [0.25, 0.3) is 0 Å². The fourth-order valence-corrected chi connectivity index (χ4v) is 6.16. The molecule has 1 aromatic heterocycles. The van der Waals surface area contributed by atoms with Crippen LogP contribution >= 0.6 is 0 Å². The van der Waals surface area contributed by atoms with Crippen molar-refractivity contribution < 1.29 is 31.1 Å². The average Bonchev–Trinajstić information content (AvgIpc) is 3.52. The Labute approximate surface area is 233 Å². The summed E-state index contributed by atoms with van der Waals surface area (Å²) in [4.78, 5) is 16.5. The van der Waals surface area contributed by atoms with Gasteiger partial charge in [-0.15, -0.1) is 10.2 Å². The van der Waals surface area contributed by atoms with E-state index in [0.717, 1.165) is 6.07 Å². The highest BCUT2D eigenvalue weighted by atomic mass is 19.4. The molecule has 1 saturated carbocycles. The Kier molecular flexibility index (Phi) is 6.48. The van der Waals surface area contributed by atoms with Crippen LogP contribution in [0.2, 0.25) is 0 Å². The highest BCUT2D eigenvalue weighted by Gasteiger charge is 2.54. The van der Waals surface area contributed by atoms with Gasteiger partial charge in [-0.2, -0.15) is 13.2 Å². The molecule has 0 N–H and O–H groups in total. The Balaban J connectivity index is 1.29. The number of aryl methyl sites for hydroxylation is 1. The lowest BCUT2D eigenvalue weighted by molar-refractivity contribution is -0.138. The predicted octanol–water partition coefficient (Wildman–Crippen LogP) is 6.21. The van der Waals surface area contributed by atoms with Crippen LogP contribution in [-0.4, -0.2) is 44.6 Å². The van der Waals surface area contributed by atoms with Gasteiger partial charge in [0.05, 0.1) is 12.1 Å². The van der Waals surface area contributed by atoms with Crippen molar-refractivity contribution in [3.63, 3.8) is 0 Å². The summed E-state index contributed by atoms with van der Waals surface area (Å²) in [7, 11) is 1.65. The molecule has 3 aromatic rings.